The number of halogens is 1. The molecule has 0 spiro atoms. The Kier molecular flexibility index (Phi) is 4.07. The fourth-order valence-corrected chi connectivity index (χ4v) is 3.21. The second-order valence-corrected chi connectivity index (χ2v) is 6.24. The Hall–Kier alpha value is -2.92. The summed E-state index contributed by atoms with van der Waals surface area (Å²) >= 11 is 3.41. The average molecular weight is 393 g/mol. The molecule has 4 rings (SSSR count). The summed E-state index contributed by atoms with van der Waals surface area (Å²) < 4.78 is 6.59. The normalized spacial score (nSPS) is 10.8. The van der Waals surface area contributed by atoms with Crippen LogP contribution in [0.2, 0.25) is 0 Å². The second kappa shape index (κ2) is 6.53. The van der Waals surface area contributed by atoms with Crippen molar-refractivity contribution in [1.29, 1.82) is 0 Å². The Morgan fingerprint density at radius 3 is 2.04 bits per heavy atom. The van der Waals surface area contributed by atoms with Crippen LogP contribution in [0.3, 0.4) is 0 Å². The van der Waals surface area contributed by atoms with Gasteiger partial charge in [-0.15, -0.1) is 0 Å². The molecular weight excluding hydrogens is 380 g/mol. The molecule has 0 fully saturated rings. The average Bonchev–Trinajstić information content (AvgIpc) is 3.19. The first kappa shape index (κ1) is 15.6. The third-order valence-corrected chi connectivity index (χ3v) is 4.58. The molecule has 0 saturated heterocycles. The van der Waals surface area contributed by atoms with Gasteiger partial charge < -0.3 is 9.40 Å². The lowest BCUT2D eigenvalue weighted by molar-refractivity contribution is 0.578. The summed E-state index contributed by atoms with van der Waals surface area (Å²) in [5, 5.41) is 0. The molecule has 4 aromatic rings. The van der Waals surface area contributed by atoms with E-state index >= 15 is 0 Å². The zero-order chi connectivity index (χ0) is 17.2. The minimum Gasteiger partial charge on any atom is -0.454 e. The third kappa shape index (κ3) is 2.83. The summed E-state index contributed by atoms with van der Waals surface area (Å²) in [5.74, 6) is 1.47. The van der Waals surface area contributed by atoms with Gasteiger partial charge in [0.05, 0.1) is 0 Å². The Labute approximate surface area is 152 Å². The fraction of sp³-hybridized carbons (Fsp3) is 0. The monoisotopic (exact) mass is 392 g/mol. The lowest BCUT2D eigenvalue weighted by atomic mass is 10.0. The molecule has 0 bridgehead atoms. The van der Waals surface area contributed by atoms with Gasteiger partial charge >= 0.3 is 0 Å². The maximum atomic E-state index is 13.1. The van der Waals surface area contributed by atoms with E-state index in [0.717, 1.165) is 11.1 Å². The number of aromatic nitrogens is 2. The van der Waals surface area contributed by atoms with Crippen molar-refractivity contribution in [1.82, 2.24) is 9.97 Å². The number of aromatic amines is 1. The molecule has 4 nitrogen and oxygen atoms in total. The van der Waals surface area contributed by atoms with Gasteiger partial charge in [0.1, 0.15) is 21.6 Å². The summed E-state index contributed by atoms with van der Waals surface area (Å²) in [6.45, 7) is 0. The molecule has 0 aliphatic carbocycles. The number of imidazole rings is 1. The molecule has 122 valence electrons. The number of hydrogen-bond acceptors (Lipinski definition) is 3. The number of benzene rings is 2. The van der Waals surface area contributed by atoms with Gasteiger partial charge in [0.2, 0.25) is 5.43 Å². The van der Waals surface area contributed by atoms with E-state index in [9.17, 15) is 4.79 Å². The topological polar surface area (TPSA) is 58.9 Å². The van der Waals surface area contributed by atoms with E-state index in [1.54, 1.807) is 12.4 Å². The van der Waals surface area contributed by atoms with Crippen molar-refractivity contribution >= 4 is 15.9 Å². The Balaban J connectivity index is 2.06. The smallest absolute Gasteiger partial charge is 0.211 e. The van der Waals surface area contributed by atoms with Crippen LogP contribution in [0.1, 0.15) is 0 Å². The standard InChI is InChI=1S/C20H13BrN2O2/c21-16-17(24)15(20-22-11-12-23-20)18(13-7-3-1-4-8-13)25-19(16)14-9-5-2-6-10-14/h1-12H,(H,22,23). The van der Waals surface area contributed by atoms with Gasteiger partial charge in [-0.3, -0.25) is 4.79 Å². The van der Waals surface area contributed by atoms with Crippen molar-refractivity contribution in [3.8, 4) is 34.0 Å². The zero-order valence-corrected chi connectivity index (χ0v) is 14.7. The Bertz CT molecular complexity index is 1060. The first-order chi connectivity index (χ1) is 12.3. The van der Waals surface area contributed by atoms with Gasteiger partial charge in [-0.05, 0) is 15.9 Å². The van der Waals surface area contributed by atoms with Crippen LogP contribution < -0.4 is 5.43 Å². The molecule has 2 aromatic heterocycles. The van der Waals surface area contributed by atoms with E-state index in [2.05, 4.69) is 25.9 Å². The van der Waals surface area contributed by atoms with E-state index in [4.69, 9.17) is 4.42 Å². The quantitative estimate of drug-likeness (QED) is 0.525. The molecule has 0 aliphatic rings. The molecule has 0 atom stereocenters. The number of nitrogens with one attached hydrogen (secondary N) is 1. The van der Waals surface area contributed by atoms with Crippen LogP contribution in [0.5, 0.6) is 0 Å². The van der Waals surface area contributed by atoms with Crippen molar-refractivity contribution in [3.05, 3.63) is 87.8 Å². The van der Waals surface area contributed by atoms with E-state index in [1.165, 1.54) is 0 Å². The minimum absolute atomic E-state index is 0.168. The maximum absolute atomic E-state index is 13.1. The molecular formula is C20H13BrN2O2. The van der Waals surface area contributed by atoms with Gasteiger partial charge in [0.25, 0.3) is 0 Å². The van der Waals surface area contributed by atoms with Gasteiger partial charge in [0.15, 0.2) is 5.76 Å². The summed E-state index contributed by atoms with van der Waals surface area (Å²) in [7, 11) is 0. The Morgan fingerprint density at radius 2 is 1.48 bits per heavy atom. The molecule has 1 N–H and O–H groups in total. The SMILES string of the molecule is O=c1c(Br)c(-c2ccccc2)oc(-c2ccccc2)c1-c1ncc[nH]1. The number of nitrogens with zero attached hydrogens (tertiary/aromatic N) is 1. The van der Waals surface area contributed by atoms with Crippen LogP contribution in [0.25, 0.3) is 34.0 Å². The van der Waals surface area contributed by atoms with Crippen molar-refractivity contribution in [3.63, 3.8) is 0 Å². The van der Waals surface area contributed by atoms with Crippen LogP contribution in [0, 0.1) is 0 Å². The van der Waals surface area contributed by atoms with Crippen molar-refractivity contribution in [2.45, 2.75) is 0 Å². The molecule has 0 unspecified atom stereocenters. The van der Waals surface area contributed by atoms with Gasteiger partial charge in [0, 0.05) is 23.5 Å². The number of H-pyrrole nitrogens is 1. The summed E-state index contributed by atoms with van der Waals surface area (Å²) in [4.78, 5) is 20.3. The van der Waals surface area contributed by atoms with Crippen molar-refractivity contribution < 1.29 is 4.42 Å². The van der Waals surface area contributed by atoms with Crippen LogP contribution in [-0.4, -0.2) is 9.97 Å². The lowest BCUT2D eigenvalue weighted by Crippen LogP contribution is -2.10. The van der Waals surface area contributed by atoms with Crippen LogP contribution in [-0.2, 0) is 0 Å². The highest BCUT2D eigenvalue weighted by Crippen LogP contribution is 2.35. The third-order valence-electron chi connectivity index (χ3n) is 3.86. The van der Waals surface area contributed by atoms with E-state index in [1.807, 2.05) is 60.7 Å². The molecule has 0 radical (unpaired) electrons. The summed E-state index contributed by atoms with van der Waals surface area (Å²) in [6.07, 6.45) is 3.30. The highest BCUT2D eigenvalue weighted by molar-refractivity contribution is 9.10. The molecule has 0 aliphatic heterocycles. The fourth-order valence-electron chi connectivity index (χ4n) is 2.70. The first-order valence-corrected chi connectivity index (χ1v) is 8.52. The highest BCUT2D eigenvalue weighted by Gasteiger charge is 2.22. The molecule has 2 aromatic carbocycles. The largest absolute Gasteiger partial charge is 0.454 e. The lowest BCUT2D eigenvalue weighted by Gasteiger charge is -2.11. The highest BCUT2D eigenvalue weighted by atomic mass is 79.9. The van der Waals surface area contributed by atoms with Gasteiger partial charge in [-0.1, -0.05) is 60.7 Å². The van der Waals surface area contributed by atoms with Crippen LogP contribution in [0.4, 0.5) is 0 Å². The van der Waals surface area contributed by atoms with Crippen LogP contribution in [0.15, 0.2) is 86.7 Å². The zero-order valence-electron chi connectivity index (χ0n) is 13.1. The van der Waals surface area contributed by atoms with Crippen molar-refractivity contribution in [2.24, 2.45) is 0 Å². The summed E-state index contributed by atoms with van der Waals surface area (Å²) in [6, 6.07) is 19.1. The van der Waals surface area contributed by atoms with Crippen LogP contribution >= 0.6 is 15.9 Å². The molecule has 2 heterocycles. The van der Waals surface area contributed by atoms with E-state index < -0.39 is 0 Å². The van der Waals surface area contributed by atoms with Gasteiger partial charge in [-0.2, -0.15) is 0 Å². The predicted molar refractivity (Wildman–Crippen MR) is 101 cm³/mol. The molecule has 0 amide bonds. The second-order valence-electron chi connectivity index (χ2n) is 5.45. The summed E-state index contributed by atoms with van der Waals surface area (Å²) in [5.41, 5.74) is 1.88. The van der Waals surface area contributed by atoms with E-state index in [0.29, 0.717) is 27.4 Å². The molecule has 5 heteroatoms. The number of rotatable bonds is 3. The molecule has 25 heavy (non-hydrogen) atoms. The minimum atomic E-state index is -0.168. The predicted octanol–water partition coefficient (Wildman–Crippen LogP) is 5.13. The van der Waals surface area contributed by atoms with E-state index in [-0.39, 0.29) is 5.43 Å². The maximum Gasteiger partial charge on any atom is 0.211 e. The van der Waals surface area contributed by atoms with Gasteiger partial charge in [-0.25, -0.2) is 4.98 Å². The Morgan fingerprint density at radius 1 is 0.880 bits per heavy atom. The first-order valence-electron chi connectivity index (χ1n) is 7.73. The number of hydrogen-bond donors (Lipinski definition) is 1. The van der Waals surface area contributed by atoms with Crippen molar-refractivity contribution in [2.75, 3.05) is 0 Å². The molecule has 0 saturated carbocycles.